The smallest absolute Gasteiger partial charge is 0.460 e. The van der Waals surface area contributed by atoms with E-state index in [9.17, 15) is 18.0 Å². The standard InChI is InChI=1S/C17H22F3NO3/c1-16(2,3)24-15(22)12-8-10-21(11-9-12)13-4-6-14(7-5-13)23-17(18,19)20/h4-7,12H,8-11H2,1-3H3. The molecule has 0 atom stereocenters. The number of halogens is 3. The Hall–Kier alpha value is -1.92. The van der Waals surface area contributed by atoms with Gasteiger partial charge in [-0.05, 0) is 57.9 Å². The summed E-state index contributed by atoms with van der Waals surface area (Å²) in [6.07, 6.45) is -3.36. The van der Waals surface area contributed by atoms with Gasteiger partial charge in [-0.3, -0.25) is 4.79 Å². The van der Waals surface area contributed by atoms with Gasteiger partial charge in [-0.15, -0.1) is 13.2 Å². The predicted octanol–water partition coefficient (Wildman–Crippen LogP) is 4.14. The molecule has 134 valence electrons. The highest BCUT2D eigenvalue weighted by Gasteiger charge is 2.31. The second-order valence-corrected chi connectivity index (χ2v) is 6.84. The highest BCUT2D eigenvalue weighted by Crippen LogP contribution is 2.28. The molecule has 1 heterocycles. The summed E-state index contributed by atoms with van der Waals surface area (Å²) in [5.74, 6) is -0.556. The zero-order valence-electron chi connectivity index (χ0n) is 14.0. The van der Waals surface area contributed by atoms with Crippen molar-refractivity contribution in [3.63, 3.8) is 0 Å². The minimum Gasteiger partial charge on any atom is -0.460 e. The summed E-state index contributed by atoms with van der Waals surface area (Å²) in [6, 6.07) is 5.77. The lowest BCUT2D eigenvalue weighted by molar-refractivity contribution is -0.274. The zero-order valence-corrected chi connectivity index (χ0v) is 14.0. The highest BCUT2D eigenvalue weighted by molar-refractivity contribution is 5.73. The SMILES string of the molecule is CC(C)(C)OC(=O)C1CCN(c2ccc(OC(F)(F)F)cc2)CC1. The van der Waals surface area contributed by atoms with Crippen molar-refractivity contribution in [2.75, 3.05) is 18.0 Å². The van der Waals surface area contributed by atoms with Crippen molar-refractivity contribution in [3.05, 3.63) is 24.3 Å². The summed E-state index contributed by atoms with van der Waals surface area (Å²) >= 11 is 0. The van der Waals surface area contributed by atoms with Crippen LogP contribution in [0.5, 0.6) is 5.75 Å². The fraction of sp³-hybridized carbons (Fsp3) is 0.588. The van der Waals surface area contributed by atoms with Crippen LogP contribution in [0.25, 0.3) is 0 Å². The lowest BCUT2D eigenvalue weighted by Gasteiger charge is -2.34. The van der Waals surface area contributed by atoms with E-state index in [2.05, 4.69) is 4.74 Å². The molecule has 0 amide bonds. The van der Waals surface area contributed by atoms with Gasteiger partial charge in [0.2, 0.25) is 0 Å². The van der Waals surface area contributed by atoms with Crippen LogP contribution in [0.15, 0.2) is 24.3 Å². The van der Waals surface area contributed by atoms with E-state index in [-0.39, 0.29) is 17.6 Å². The summed E-state index contributed by atoms with van der Waals surface area (Å²) in [4.78, 5) is 14.1. The second kappa shape index (κ2) is 6.91. The summed E-state index contributed by atoms with van der Waals surface area (Å²) in [5.41, 5.74) is 0.315. The van der Waals surface area contributed by atoms with Crippen molar-refractivity contribution in [1.29, 1.82) is 0 Å². The molecule has 0 bridgehead atoms. The van der Waals surface area contributed by atoms with E-state index in [1.807, 2.05) is 25.7 Å². The third kappa shape index (κ3) is 5.62. The molecule has 1 aliphatic rings. The van der Waals surface area contributed by atoms with Crippen LogP contribution in [-0.4, -0.2) is 31.0 Å². The number of rotatable bonds is 3. The third-order valence-corrected chi connectivity index (χ3v) is 3.67. The first-order valence-electron chi connectivity index (χ1n) is 7.87. The molecule has 0 aliphatic carbocycles. The summed E-state index contributed by atoms with van der Waals surface area (Å²) in [6.45, 7) is 6.83. The van der Waals surface area contributed by atoms with E-state index >= 15 is 0 Å². The van der Waals surface area contributed by atoms with Crippen LogP contribution >= 0.6 is 0 Å². The zero-order chi connectivity index (χ0) is 18.0. The number of alkyl halides is 3. The number of benzene rings is 1. The first-order valence-corrected chi connectivity index (χ1v) is 7.87. The number of hydrogen-bond acceptors (Lipinski definition) is 4. The fourth-order valence-corrected chi connectivity index (χ4v) is 2.62. The molecular weight excluding hydrogens is 323 g/mol. The number of carbonyl (C=O) groups is 1. The highest BCUT2D eigenvalue weighted by atomic mass is 19.4. The van der Waals surface area contributed by atoms with Gasteiger partial charge in [-0.1, -0.05) is 0 Å². The van der Waals surface area contributed by atoms with Crippen molar-refractivity contribution in [1.82, 2.24) is 0 Å². The first-order chi connectivity index (χ1) is 11.0. The molecule has 0 radical (unpaired) electrons. The molecule has 0 spiro atoms. The van der Waals surface area contributed by atoms with Crippen LogP contribution in [-0.2, 0) is 9.53 Å². The number of anilines is 1. The molecule has 1 fully saturated rings. The van der Waals surface area contributed by atoms with Crippen LogP contribution in [0.3, 0.4) is 0 Å². The Bertz CT molecular complexity index is 556. The Labute approximate surface area is 139 Å². The number of ether oxygens (including phenoxy) is 2. The Morgan fingerprint density at radius 3 is 2.08 bits per heavy atom. The second-order valence-electron chi connectivity index (χ2n) is 6.84. The van der Waals surface area contributed by atoms with Crippen molar-refractivity contribution in [2.45, 2.75) is 45.6 Å². The minimum atomic E-state index is -4.69. The van der Waals surface area contributed by atoms with Gasteiger partial charge in [0, 0.05) is 18.8 Å². The van der Waals surface area contributed by atoms with Crippen molar-refractivity contribution < 1.29 is 27.4 Å². The summed E-state index contributed by atoms with van der Waals surface area (Å²) in [7, 11) is 0. The van der Waals surface area contributed by atoms with Gasteiger partial charge < -0.3 is 14.4 Å². The number of esters is 1. The predicted molar refractivity (Wildman–Crippen MR) is 83.9 cm³/mol. The number of hydrogen-bond donors (Lipinski definition) is 0. The Balaban J connectivity index is 1.89. The lowest BCUT2D eigenvalue weighted by atomic mass is 9.96. The van der Waals surface area contributed by atoms with E-state index in [0.29, 0.717) is 25.9 Å². The van der Waals surface area contributed by atoms with E-state index in [0.717, 1.165) is 5.69 Å². The van der Waals surface area contributed by atoms with Gasteiger partial charge in [0.25, 0.3) is 0 Å². The number of nitrogens with zero attached hydrogens (tertiary/aromatic N) is 1. The lowest BCUT2D eigenvalue weighted by Crippen LogP contribution is -2.38. The van der Waals surface area contributed by atoms with Gasteiger partial charge in [0.15, 0.2) is 0 Å². The molecule has 0 unspecified atom stereocenters. The number of piperidine rings is 1. The van der Waals surface area contributed by atoms with Crippen molar-refractivity contribution in [2.24, 2.45) is 5.92 Å². The maximum absolute atomic E-state index is 12.2. The Morgan fingerprint density at radius 2 is 1.62 bits per heavy atom. The van der Waals surface area contributed by atoms with Crippen LogP contribution in [0, 0.1) is 5.92 Å². The number of carbonyl (C=O) groups excluding carboxylic acids is 1. The average molecular weight is 345 g/mol. The normalized spacial score (nSPS) is 16.8. The molecule has 2 rings (SSSR count). The van der Waals surface area contributed by atoms with E-state index in [1.165, 1.54) is 12.1 Å². The van der Waals surface area contributed by atoms with E-state index in [1.54, 1.807) is 12.1 Å². The molecule has 0 aromatic heterocycles. The molecule has 0 N–H and O–H groups in total. The fourth-order valence-electron chi connectivity index (χ4n) is 2.62. The van der Waals surface area contributed by atoms with Crippen LogP contribution in [0.4, 0.5) is 18.9 Å². The molecule has 1 aromatic carbocycles. The van der Waals surface area contributed by atoms with Crippen LogP contribution in [0.1, 0.15) is 33.6 Å². The first kappa shape index (κ1) is 18.4. The average Bonchev–Trinajstić information content (AvgIpc) is 2.45. The largest absolute Gasteiger partial charge is 0.573 e. The molecule has 0 saturated carbocycles. The molecule has 7 heteroatoms. The Morgan fingerprint density at radius 1 is 1.08 bits per heavy atom. The van der Waals surface area contributed by atoms with Gasteiger partial charge in [0.05, 0.1) is 5.92 Å². The third-order valence-electron chi connectivity index (χ3n) is 3.67. The van der Waals surface area contributed by atoms with E-state index in [4.69, 9.17) is 4.74 Å². The van der Waals surface area contributed by atoms with Gasteiger partial charge in [-0.2, -0.15) is 0 Å². The van der Waals surface area contributed by atoms with Crippen molar-refractivity contribution >= 4 is 11.7 Å². The van der Waals surface area contributed by atoms with E-state index < -0.39 is 12.0 Å². The molecule has 4 nitrogen and oxygen atoms in total. The van der Waals surface area contributed by atoms with Crippen LogP contribution in [0.2, 0.25) is 0 Å². The quantitative estimate of drug-likeness (QED) is 0.772. The van der Waals surface area contributed by atoms with Gasteiger partial charge >= 0.3 is 12.3 Å². The summed E-state index contributed by atoms with van der Waals surface area (Å²) in [5, 5.41) is 0. The molecule has 1 aliphatic heterocycles. The Kier molecular flexibility index (Phi) is 5.30. The topological polar surface area (TPSA) is 38.8 Å². The summed E-state index contributed by atoms with van der Waals surface area (Å²) < 4.78 is 45.7. The maximum Gasteiger partial charge on any atom is 0.573 e. The minimum absolute atomic E-state index is 0.131. The monoisotopic (exact) mass is 345 g/mol. The van der Waals surface area contributed by atoms with Gasteiger partial charge in [-0.25, -0.2) is 0 Å². The maximum atomic E-state index is 12.2. The molecule has 1 aromatic rings. The molecule has 24 heavy (non-hydrogen) atoms. The van der Waals surface area contributed by atoms with Crippen molar-refractivity contribution in [3.8, 4) is 5.75 Å². The molecular formula is C17H22F3NO3. The van der Waals surface area contributed by atoms with Gasteiger partial charge in [0.1, 0.15) is 11.4 Å². The van der Waals surface area contributed by atoms with Crippen LogP contribution < -0.4 is 9.64 Å². The molecule has 1 saturated heterocycles.